The monoisotopic (exact) mass is 305 g/mol. The average molecular weight is 305 g/mol. The minimum Gasteiger partial charge on any atom is -0.462 e. The number of anilines is 2. The molecule has 3 N–H and O–H groups in total. The summed E-state index contributed by atoms with van der Waals surface area (Å²) in [5.41, 5.74) is 8.55. The van der Waals surface area contributed by atoms with Crippen molar-refractivity contribution >= 4 is 28.7 Å². The number of ether oxygens (including phenoxy) is 1. The molecule has 0 saturated carbocycles. The molecule has 0 spiro atoms. The highest BCUT2D eigenvalue weighted by atomic mass is 32.1. The fraction of sp³-hybridized carbons (Fsp3) is 0.333. The van der Waals surface area contributed by atoms with E-state index in [0.29, 0.717) is 17.9 Å². The number of aryl methyl sites for hydroxylation is 1. The van der Waals surface area contributed by atoms with Gasteiger partial charge in [0.2, 0.25) is 0 Å². The summed E-state index contributed by atoms with van der Waals surface area (Å²) < 4.78 is 4.98. The Bertz CT molecular complexity index is 625. The van der Waals surface area contributed by atoms with Crippen molar-refractivity contribution in [1.29, 1.82) is 0 Å². The van der Waals surface area contributed by atoms with Crippen molar-refractivity contribution in [3.05, 3.63) is 39.8 Å². The summed E-state index contributed by atoms with van der Waals surface area (Å²) >= 11 is 1.65. The fourth-order valence-corrected chi connectivity index (χ4v) is 2.56. The average Bonchev–Trinajstić information content (AvgIpc) is 2.86. The Morgan fingerprint density at radius 2 is 2.29 bits per heavy atom. The SMILES string of the molecule is CCOC(=O)c1cc(NCCc2csc(C)n2)ccc1N. The van der Waals surface area contributed by atoms with Crippen LogP contribution in [0.15, 0.2) is 23.6 Å². The van der Waals surface area contributed by atoms with E-state index in [9.17, 15) is 4.79 Å². The van der Waals surface area contributed by atoms with Gasteiger partial charge in [0.15, 0.2) is 0 Å². The molecule has 1 aromatic heterocycles. The quantitative estimate of drug-likeness (QED) is 0.634. The first-order valence-corrected chi connectivity index (χ1v) is 7.69. The van der Waals surface area contributed by atoms with E-state index in [1.54, 1.807) is 30.4 Å². The summed E-state index contributed by atoms with van der Waals surface area (Å²) in [6.07, 6.45) is 0.837. The van der Waals surface area contributed by atoms with Crippen molar-refractivity contribution in [3.8, 4) is 0 Å². The summed E-state index contributed by atoms with van der Waals surface area (Å²) in [5.74, 6) is -0.395. The first-order chi connectivity index (χ1) is 10.1. The normalized spacial score (nSPS) is 10.4. The maximum Gasteiger partial charge on any atom is 0.340 e. The highest BCUT2D eigenvalue weighted by Crippen LogP contribution is 2.19. The summed E-state index contributed by atoms with van der Waals surface area (Å²) in [6.45, 7) is 4.84. The van der Waals surface area contributed by atoms with E-state index in [4.69, 9.17) is 10.5 Å². The van der Waals surface area contributed by atoms with Gasteiger partial charge in [0.05, 0.1) is 22.9 Å². The number of rotatable bonds is 6. The predicted octanol–water partition coefficient (Wildman–Crippen LogP) is 2.87. The standard InChI is InChI=1S/C15H19N3O2S/c1-3-20-15(19)13-8-11(4-5-14(13)16)17-7-6-12-9-21-10(2)18-12/h4-5,8-9,17H,3,6-7,16H2,1-2H3. The number of nitrogen functional groups attached to an aromatic ring is 1. The summed E-state index contributed by atoms with van der Waals surface area (Å²) in [5, 5.41) is 6.40. The molecule has 0 aliphatic rings. The van der Waals surface area contributed by atoms with E-state index in [2.05, 4.69) is 15.7 Å². The molecule has 2 aromatic rings. The fourth-order valence-electron chi connectivity index (χ4n) is 1.91. The number of hydrogen-bond donors (Lipinski definition) is 2. The van der Waals surface area contributed by atoms with E-state index in [-0.39, 0.29) is 0 Å². The second kappa shape index (κ2) is 7.08. The lowest BCUT2D eigenvalue weighted by Gasteiger charge is -2.09. The molecule has 6 heteroatoms. The van der Waals surface area contributed by atoms with Crippen LogP contribution < -0.4 is 11.1 Å². The van der Waals surface area contributed by atoms with E-state index in [0.717, 1.165) is 29.4 Å². The molecule has 5 nitrogen and oxygen atoms in total. The zero-order valence-electron chi connectivity index (χ0n) is 12.2. The van der Waals surface area contributed by atoms with Gasteiger partial charge in [-0.25, -0.2) is 9.78 Å². The first kappa shape index (κ1) is 15.3. The molecule has 0 aliphatic carbocycles. The molecule has 0 bridgehead atoms. The lowest BCUT2D eigenvalue weighted by atomic mass is 10.1. The third kappa shape index (κ3) is 4.19. The number of nitrogens with zero attached hydrogens (tertiary/aromatic N) is 1. The summed E-state index contributed by atoms with van der Waals surface area (Å²) in [4.78, 5) is 16.2. The Kier molecular flexibility index (Phi) is 5.16. The minimum atomic E-state index is -0.395. The second-order valence-corrected chi connectivity index (χ2v) is 5.62. The number of aromatic nitrogens is 1. The third-order valence-corrected chi connectivity index (χ3v) is 3.75. The van der Waals surface area contributed by atoms with Crippen molar-refractivity contribution in [2.75, 3.05) is 24.2 Å². The van der Waals surface area contributed by atoms with Crippen LogP contribution in [0.2, 0.25) is 0 Å². The maximum atomic E-state index is 11.8. The molecule has 1 aromatic carbocycles. The molecular weight excluding hydrogens is 286 g/mol. The summed E-state index contributed by atoms with van der Waals surface area (Å²) in [6, 6.07) is 5.28. The molecule has 21 heavy (non-hydrogen) atoms. The molecule has 0 fully saturated rings. The van der Waals surface area contributed by atoms with Gasteiger partial charge < -0.3 is 15.8 Å². The predicted molar refractivity (Wildman–Crippen MR) is 85.9 cm³/mol. The Hall–Kier alpha value is -2.08. The van der Waals surface area contributed by atoms with Crippen LogP contribution in [0, 0.1) is 6.92 Å². The molecule has 0 unspecified atom stereocenters. The molecule has 0 aliphatic heterocycles. The molecule has 0 radical (unpaired) electrons. The number of nitrogens with one attached hydrogen (secondary N) is 1. The number of benzene rings is 1. The van der Waals surface area contributed by atoms with Gasteiger partial charge in [-0.15, -0.1) is 11.3 Å². The zero-order valence-corrected chi connectivity index (χ0v) is 13.0. The molecular formula is C15H19N3O2S. The van der Waals surface area contributed by atoms with Gasteiger partial charge in [-0.3, -0.25) is 0 Å². The van der Waals surface area contributed by atoms with E-state index in [1.807, 2.05) is 13.0 Å². The number of esters is 1. The van der Waals surface area contributed by atoms with Gasteiger partial charge in [-0.05, 0) is 32.0 Å². The molecule has 112 valence electrons. The van der Waals surface area contributed by atoms with E-state index >= 15 is 0 Å². The van der Waals surface area contributed by atoms with Gasteiger partial charge in [0.1, 0.15) is 0 Å². The van der Waals surface area contributed by atoms with Crippen LogP contribution in [0.4, 0.5) is 11.4 Å². The minimum absolute atomic E-state index is 0.332. The van der Waals surface area contributed by atoms with Crippen LogP contribution >= 0.6 is 11.3 Å². The number of carbonyl (C=O) groups excluding carboxylic acids is 1. The molecule has 2 rings (SSSR count). The number of nitrogens with two attached hydrogens (primary N) is 1. The Labute approximate surface area is 128 Å². The Morgan fingerprint density at radius 3 is 2.95 bits per heavy atom. The van der Waals surface area contributed by atoms with Crippen LogP contribution in [0.5, 0.6) is 0 Å². The molecule has 1 heterocycles. The van der Waals surface area contributed by atoms with Crippen molar-refractivity contribution in [1.82, 2.24) is 4.98 Å². The molecule has 0 saturated heterocycles. The largest absolute Gasteiger partial charge is 0.462 e. The van der Waals surface area contributed by atoms with E-state index < -0.39 is 5.97 Å². The smallest absolute Gasteiger partial charge is 0.340 e. The van der Waals surface area contributed by atoms with Crippen molar-refractivity contribution in [3.63, 3.8) is 0 Å². The van der Waals surface area contributed by atoms with Gasteiger partial charge >= 0.3 is 5.97 Å². The van der Waals surface area contributed by atoms with Gasteiger partial charge in [-0.2, -0.15) is 0 Å². The number of hydrogen-bond acceptors (Lipinski definition) is 6. The van der Waals surface area contributed by atoms with Crippen LogP contribution in [-0.4, -0.2) is 24.1 Å². The van der Waals surface area contributed by atoms with E-state index in [1.165, 1.54) is 0 Å². The van der Waals surface area contributed by atoms with Crippen LogP contribution in [-0.2, 0) is 11.2 Å². The Morgan fingerprint density at radius 1 is 1.48 bits per heavy atom. The number of carbonyl (C=O) groups is 1. The van der Waals surface area contributed by atoms with Crippen molar-refractivity contribution < 1.29 is 9.53 Å². The first-order valence-electron chi connectivity index (χ1n) is 6.81. The maximum absolute atomic E-state index is 11.8. The van der Waals surface area contributed by atoms with Crippen LogP contribution in [0.3, 0.4) is 0 Å². The van der Waals surface area contributed by atoms with Crippen molar-refractivity contribution in [2.45, 2.75) is 20.3 Å². The second-order valence-electron chi connectivity index (χ2n) is 4.56. The summed E-state index contributed by atoms with van der Waals surface area (Å²) in [7, 11) is 0. The molecule has 0 atom stereocenters. The molecule has 0 amide bonds. The lowest BCUT2D eigenvalue weighted by molar-refractivity contribution is 0.0527. The topological polar surface area (TPSA) is 77.2 Å². The number of thiazole rings is 1. The zero-order chi connectivity index (χ0) is 15.2. The highest BCUT2D eigenvalue weighted by Gasteiger charge is 2.11. The van der Waals surface area contributed by atoms with Crippen LogP contribution in [0.25, 0.3) is 0 Å². The lowest BCUT2D eigenvalue weighted by Crippen LogP contribution is -2.10. The highest BCUT2D eigenvalue weighted by molar-refractivity contribution is 7.09. The Balaban J connectivity index is 1.97. The van der Waals surface area contributed by atoms with Crippen LogP contribution in [0.1, 0.15) is 28.0 Å². The van der Waals surface area contributed by atoms with Gasteiger partial charge in [0, 0.05) is 29.7 Å². The van der Waals surface area contributed by atoms with Gasteiger partial charge in [-0.1, -0.05) is 0 Å². The van der Waals surface area contributed by atoms with Gasteiger partial charge in [0.25, 0.3) is 0 Å². The van der Waals surface area contributed by atoms with Crippen molar-refractivity contribution in [2.24, 2.45) is 0 Å². The third-order valence-electron chi connectivity index (χ3n) is 2.93.